The predicted octanol–water partition coefficient (Wildman–Crippen LogP) is 2.02. The number of nitrogens with one attached hydrogen (secondary N) is 1. The highest BCUT2D eigenvalue weighted by atomic mass is 35.5. The third-order valence-corrected chi connectivity index (χ3v) is 2.76. The van der Waals surface area contributed by atoms with Crippen molar-refractivity contribution < 1.29 is 4.74 Å². The Morgan fingerprint density at radius 3 is 2.85 bits per heavy atom. The van der Waals surface area contributed by atoms with Gasteiger partial charge in [0.1, 0.15) is 0 Å². The number of rotatable bonds is 5. The lowest BCUT2D eigenvalue weighted by molar-refractivity contribution is 0.186. The van der Waals surface area contributed by atoms with Crippen molar-refractivity contribution in [2.45, 2.75) is 32.7 Å². The minimum atomic E-state index is 0.310. The molecule has 1 N–H and O–H groups in total. The Bertz CT molecular complexity index is 144. The molecule has 1 fully saturated rings. The second-order valence-corrected chi connectivity index (χ2v) is 4.92. The van der Waals surface area contributed by atoms with Crippen LogP contribution < -0.4 is 5.32 Å². The van der Waals surface area contributed by atoms with E-state index >= 15 is 0 Å². The number of hydrogen-bond donors (Lipinski definition) is 1. The molecule has 78 valence electrons. The van der Waals surface area contributed by atoms with Gasteiger partial charge in [-0.05, 0) is 18.3 Å². The molecule has 0 aromatic carbocycles. The molecule has 0 radical (unpaired) electrons. The summed E-state index contributed by atoms with van der Waals surface area (Å²) in [4.78, 5) is 0. The molecular formula is C10H20ClNO. The van der Waals surface area contributed by atoms with Crippen molar-refractivity contribution in [1.29, 1.82) is 0 Å². The number of halogens is 1. The van der Waals surface area contributed by atoms with Gasteiger partial charge < -0.3 is 10.1 Å². The first-order valence-corrected chi connectivity index (χ1v) is 5.54. The maximum absolute atomic E-state index is 5.73. The van der Waals surface area contributed by atoms with Crippen LogP contribution in [0.2, 0.25) is 0 Å². The van der Waals surface area contributed by atoms with Crippen molar-refractivity contribution in [2.75, 3.05) is 25.6 Å². The number of ether oxygens (including phenoxy) is 1. The smallest absolute Gasteiger partial charge is 0.0620 e. The van der Waals surface area contributed by atoms with E-state index < -0.39 is 0 Å². The molecule has 0 aromatic heterocycles. The fraction of sp³-hybridized carbons (Fsp3) is 1.00. The monoisotopic (exact) mass is 205 g/mol. The van der Waals surface area contributed by atoms with Crippen molar-refractivity contribution in [3.63, 3.8) is 0 Å². The van der Waals surface area contributed by atoms with E-state index in [9.17, 15) is 0 Å². The van der Waals surface area contributed by atoms with Crippen molar-refractivity contribution in [2.24, 2.45) is 5.41 Å². The van der Waals surface area contributed by atoms with Crippen molar-refractivity contribution in [3.05, 3.63) is 0 Å². The Hall–Kier alpha value is 0.210. The summed E-state index contributed by atoms with van der Waals surface area (Å²) >= 11 is 5.73. The normalized spacial score (nSPS) is 23.8. The first-order valence-electron chi connectivity index (χ1n) is 5.01. The van der Waals surface area contributed by atoms with Gasteiger partial charge in [-0.2, -0.15) is 0 Å². The molecule has 1 heterocycles. The van der Waals surface area contributed by atoms with E-state index in [-0.39, 0.29) is 0 Å². The molecule has 0 aromatic rings. The van der Waals surface area contributed by atoms with E-state index in [1.54, 1.807) is 0 Å². The summed E-state index contributed by atoms with van der Waals surface area (Å²) in [6, 6.07) is 0.564. The van der Waals surface area contributed by atoms with Crippen LogP contribution in [0.5, 0.6) is 0 Å². The zero-order valence-corrected chi connectivity index (χ0v) is 9.36. The van der Waals surface area contributed by atoms with E-state index in [0.29, 0.717) is 11.5 Å². The first-order chi connectivity index (χ1) is 6.14. The molecule has 1 saturated heterocycles. The Balaban J connectivity index is 2.15. The maximum Gasteiger partial charge on any atom is 0.0620 e. The standard InChI is InChI=1S/C10H20ClNO/c1-10(2,4-5-11)8-12-9-3-6-13-7-9/h9,12H,3-8H2,1-2H3. The highest BCUT2D eigenvalue weighted by molar-refractivity contribution is 6.17. The highest BCUT2D eigenvalue weighted by Gasteiger charge is 2.21. The summed E-state index contributed by atoms with van der Waals surface area (Å²) in [7, 11) is 0. The molecule has 13 heavy (non-hydrogen) atoms. The third-order valence-electron chi connectivity index (χ3n) is 2.57. The lowest BCUT2D eigenvalue weighted by Crippen LogP contribution is -2.37. The fourth-order valence-electron chi connectivity index (χ4n) is 1.46. The minimum absolute atomic E-state index is 0.310. The summed E-state index contributed by atoms with van der Waals surface area (Å²) in [5, 5.41) is 3.52. The molecule has 2 nitrogen and oxygen atoms in total. The van der Waals surface area contributed by atoms with Crippen molar-refractivity contribution >= 4 is 11.6 Å². The van der Waals surface area contributed by atoms with Gasteiger partial charge >= 0.3 is 0 Å². The van der Waals surface area contributed by atoms with Crippen LogP contribution in [0.1, 0.15) is 26.7 Å². The third kappa shape index (κ3) is 4.30. The van der Waals surface area contributed by atoms with Gasteiger partial charge in [-0.25, -0.2) is 0 Å². The Morgan fingerprint density at radius 1 is 1.54 bits per heavy atom. The summed E-state index contributed by atoms with van der Waals surface area (Å²) < 4.78 is 5.29. The van der Waals surface area contributed by atoms with Crippen LogP contribution in [-0.2, 0) is 4.74 Å². The van der Waals surface area contributed by atoms with Gasteiger partial charge in [-0.1, -0.05) is 13.8 Å². The van der Waals surface area contributed by atoms with E-state index in [1.807, 2.05) is 0 Å². The van der Waals surface area contributed by atoms with Crippen LogP contribution in [0.3, 0.4) is 0 Å². The lowest BCUT2D eigenvalue weighted by atomic mass is 9.90. The molecule has 0 aliphatic carbocycles. The highest BCUT2D eigenvalue weighted by Crippen LogP contribution is 2.20. The first kappa shape index (κ1) is 11.3. The topological polar surface area (TPSA) is 21.3 Å². The molecule has 3 heteroatoms. The molecular weight excluding hydrogens is 186 g/mol. The number of hydrogen-bond acceptors (Lipinski definition) is 2. The molecule has 0 amide bonds. The molecule has 0 spiro atoms. The summed E-state index contributed by atoms with van der Waals surface area (Å²) in [5.41, 5.74) is 0.310. The molecule has 1 atom stereocenters. The largest absolute Gasteiger partial charge is 0.380 e. The van der Waals surface area contributed by atoms with E-state index in [2.05, 4.69) is 19.2 Å². The van der Waals surface area contributed by atoms with Crippen LogP contribution >= 0.6 is 11.6 Å². The Morgan fingerprint density at radius 2 is 2.31 bits per heavy atom. The van der Waals surface area contributed by atoms with Gasteiger partial charge in [0.25, 0.3) is 0 Å². The van der Waals surface area contributed by atoms with E-state index in [0.717, 1.165) is 38.5 Å². The van der Waals surface area contributed by atoms with E-state index in [4.69, 9.17) is 16.3 Å². The SMILES string of the molecule is CC(C)(CCCl)CNC1CCOC1. The zero-order chi connectivity index (χ0) is 9.73. The van der Waals surface area contributed by atoms with E-state index in [1.165, 1.54) is 0 Å². The second kappa shape index (κ2) is 5.18. The molecule has 1 rings (SSSR count). The Labute approximate surface area is 86.0 Å². The van der Waals surface area contributed by atoms with Gasteiger partial charge in [0.15, 0.2) is 0 Å². The predicted molar refractivity (Wildman–Crippen MR) is 56.3 cm³/mol. The average Bonchev–Trinajstić information content (AvgIpc) is 2.52. The van der Waals surface area contributed by atoms with Gasteiger partial charge in [0.05, 0.1) is 6.61 Å². The lowest BCUT2D eigenvalue weighted by Gasteiger charge is -2.25. The van der Waals surface area contributed by atoms with Gasteiger partial charge in [-0.3, -0.25) is 0 Å². The van der Waals surface area contributed by atoms with Crippen LogP contribution in [0.4, 0.5) is 0 Å². The fourth-order valence-corrected chi connectivity index (χ4v) is 1.97. The zero-order valence-electron chi connectivity index (χ0n) is 8.61. The molecule has 0 bridgehead atoms. The Kier molecular flexibility index (Phi) is 4.50. The van der Waals surface area contributed by atoms with Crippen LogP contribution in [-0.4, -0.2) is 31.7 Å². The summed E-state index contributed by atoms with van der Waals surface area (Å²) in [6.07, 6.45) is 2.21. The van der Waals surface area contributed by atoms with Crippen molar-refractivity contribution in [1.82, 2.24) is 5.32 Å². The molecule has 1 aliphatic rings. The van der Waals surface area contributed by atoms with Gasteiger partial charge in [-0.15, -0.1) is 11.6 Å². The summed E-state index contributed by atoms with van der Waals surface area (Å²) in [6.45, 7) is 7.31. The second-order valence-electron chi connectivity index (χ2n) is 4.54. The van der Waals surface area contributed by atoms with Gasteiger partial charge in [0.2, 0.25) is 0 Å². The quantitative estimate of drug-likeness (QED) is 0.694. The number of alkyl halides is 1. The molecule has 0 saturated carbocycles. The average molecular weight is 206 g/mol. The minimum Gasteiger partial charge on any atom is -0.380 e. The van der Waals surface area contributed by atoms with Crippen LogP contribution in [0, 0.1) is 5.41 Å². The molecule has 1 unspecified atom stereocenters. The maximum atomic E-state index is 5.73. The van der Waals surface area contributed by atoms with Gasteiger partial charge in [0, 0.05) is 25.1 Å². The van der Waals surface area contributed by atoms with Crippen molar-refractivity contribution in [3.8, 4) is 0 Å². The van der Waals surface area contributed by atoms with Crippen LogP contribution in [0.15, 0.2) is 0 Å². The summed E-state index contributed by atoms with van der Waals surface area (Å²) in [5.74, 6) is 0.746. The van der Waals surface area contributed by atoms with Crippen LogP contribution in [0.25, 0.3) is 0 Å². The molecule has 1 aliphatic heterocycles.